The fraction of sp³-hybridized carbons (Fsp3) is 0.242. The van der Waals surface area contributed by atoms with Crippen molar-refractivity contribution in [2.75, 3.05) is 62.5 Å². The first-order valence-corrected chi connectivity index (χ1v) is 27.7. The van der Waals surface area contributed by atoms with Gasteiger partial charge in [0.15, 0.2) is 0 Å². The number of ether oxygens (including phenoxy) is 2. The van der Waals surface area contributed by atoms with Gasteiger partial charge < -0.3 is 55.0 Å². The molecule has 0 saturated carbocycles. The highest BCUT2D eigenvalue weighted by Gasteiger charge is 2.37. The van der Waals surface area contributed by atoms with E-state index in [1.54, 1.807) is 53.0 Å². The number of anilines is 6. The van der Waals surface area contributed by atoms with E-state index in [1.165, 1.54) is 30.5 Å². The van der Waals surface area contributed by atoms with Gasteiger partial charge >= 0.3 is 0 Å². The van der Waals surface area contributed by atoms with Gasteiger partial charge in [-0.25, -0.2) is 0 Å². The lowest BCUT2D eigenvalue weighted by atomic mass is 9.95. The highest BCUT2D eigenvalue weighted by Crippen LogP contribution is 2.48. The number of carbonyl (C=O) groups is 7. The number of carbonyl (C=O) groups excluding carboxylic acids is 7. The lowest BCUT2D eigenvalue weighted by Crippen LogP contribution is -2.40. The second kappa shape index (κ2) is 24.3. The Morgan fingerprint density at radius 2 is 0.976 bits per heavy atom. The molecular formula is C62H59Cl2N9O9. The first kappa shape index (κ1) is 56.2. The minimum atomic E-state index is -0.555. The lowest BCUT2D eigenvalue weighted by molar-refractivity contribution is -0.122. The Hall–Kier alpha value is -9.13. The molecule has 2 aliphatic rings. The van der Waals surface area contributed by atoms with Crippen LogP contribution in [0.4, 0.5) is 34.1 Å². The molecule has 420 valence electrons. The van der Waals surface area contributed by atoms with Crippen molar-refractivity contribution >= 4 is 120 Å². The van der Waals surface area contributed by atoms with Gasteiger partial charge in [0.2, 0.25) is 29.5 Å². The summed E-state index contributed by atoms with van der Waals surface area (Å²) < 4.78 is 15.8. The Morgan fingerprint density at radius 3 is 1.45 bits per heavy atom. The van der Waals surface area contributed by atoms with Crippen LogP contribution in [0.25, 0.3) is 21.5 Å². The number of nitrogens with one attached hydrogen (secondary N) is 5. The number of aryl methyl sites for hydroxylation is 2. The van der Waals surface area contributed by atoms with Crippen LogP contribution in [0.2, 0.25) is 0 Å². The highest BCUT2D eigenvalue weighted by molar-refractivity contribution is 6.20. The fourth-order valence-electron chi connectivity index (χ4n) is 10.8. The van der Waals surface area contributed by atoms with Gasteiger partial charge in [-0.05, 0) is 69.4 Å². The molecule has 6 aromatic carbocycles. The SMILES string of the molecule is CC(=O)Nc1ccc2c3c(cc(OCc4ccccc4)c2c1)N(C(=O)CCC(=O)Nc1cc(C(=O)Nc2cc(C(=O)NCC(=O)N4CC(CCl)c5c4cc(OCc4ccccc4)c4cc(NC(C)=O)ccc54)n(C)c2)n(C)c1)CC3CCl. The Balaban J connectivity index is 0.765. The number of hydrogen-bond donors (Lipinski definition) is 5. The van der Waals surface area contributed by atoms with Crippen LogP contribution in [0.3, 0.4) is 0 Å². The third kappa shape index (κ3) is 12.1. The second-order valence-electron chi connectivity index (χ2n) is 20.4. The summed E-state index contributed by atoms with van der Waals surface area (Å²) in [4.78, 5) is 96.1. The quantitative estimate of drug-likeness (QED) is 0.0487. The van der Waals surface area contributed by atoms with Crippen LogP contribution < -0.4 is 45.9 Å². The van der Waals surface area contributed by atoms with E-state index in [4.69, 9.17) is 32.7 Å². The molecule has 8 aromatic rings. The first-order valence-electron chi connectivity index (χ1n) is 26.6. The average Bonchev–Trinajstić information content (AvgIpc) is 2.46. The van der Waals surface area contributed by atoms with Crippen molar-refractivity contribution in [3.63, 3.8) is 0 Å². The Morgan fingerprint density at radius 1 is 0.512 bits per heavy atom. The molecule has 2 atom stereocenters. The molecule has 2 aliphatic heterocycles. The molecule has 0 radical (unpaired) electrons. The van der Waals surface area contributed by atoms with Crippen molar-refractivity contribution in [2.45, 2.75) is 51.7 Å². The molecule has 0 saturated heterocycles. The number of amides is 7. The Bertz CT molecular complexity index is 3830. The molecular weight excluding hydrogens is 1090 g/mol. The lowest BCUT2D eigenvalue weighted by Gasteiger charge is -2.20. The highest BCUT2D eigenvalue weighted by atomic mass is 35.5. The van der Waals surface area contributed by atoms with Crippen LogP contribution in [-0.4, -0.2) is 81.9 Å². The van der Waals surface area contributed by atoms with E-state index in [0.717, 1.165) is 43.8 Å². The van der Waals surface area contributed by atoms with Crippen molar-refractivity contribution in [3.8, 4) is 11.5 Å². The Labute approximate surface area is 482 Å². The zero-order valence-electron chi connectivity index (χ0n) is 45.4. The van der Waals surface area contributed by atoms with Gasteiger partial charge in [-0.1, -0.05) is 72.8 Å². The minimum Gasteiger partial charge on any atom is -0.488 e. The molecule has 0 spiro atoms. The van der Waals surface area contributed by atoms with Crippen LogP contribution in [0.5, 0.6) is 11.5 Å². The maximum atomic E-state index is 14.1. The van der Waals surface area contributed by atoms with Gasteiger partial charge in [-0.3, -0.25) is 33.6 Å². The van der Waals surface area contributed by atoms with Crippen LogP contribution in [0.15, 0.2) is 134 Å². The molecule has 0 fully saturated rings. The maximum Gasteiger partial charge on any atom is 0.272 e. The number of benzene rings is 6. The number of aromatic nitrogens is 2. The van der Waals surface area contributed by atoms with E-state index in [2.05, 4.69) is 26.6 Å². The van der Waals surface area contributed by atoms with Crippen LogP contribution >= 0.6 is 23.2 Å². The molecule has 5 N–H and O–H groups in total. The van der Waals surface area contributed by atoms with E-state index in [9.17, 15) is 33.6 Å². The zero-order valence-corrected chi connectivity index (χ0v) is 47.0. The third-order valence-corrected chi connectivity index (χ3v) is 15.3. The molecule has 10 rings (SSSR count). The van der Waals surface area contributed by atoms with E-state index >= 15 is 0 Å². The number of alkyl halides is 2. The summed E-state index contributed by atoms with van der Waals surface area (Å²) in [6.07, 6.45) is 2.88. The summed E-state index contributed by atoms with van der Waals surface area (Å²) in [5, 5.41) is 17.2. The van der Waals surface area contributed by atoms with Gasteiger partial charge in [0, 0.05) is 124 Å². The summed E-state index contributed by atoms with van der Waals surface area (Å²) in [6, 6.07) is 37.1. The molecule has 7 amide bonds. The second-order valence-corrected chi connectivity index (χ2v) is 21.0. The summed E-state index contributed by atoms with van der Waals surface area (Å²) in [5.74, 6) is -1.57. The van der Waals surface area contributed by atoms with Crippen LogP contribution in [0, 0.1) is 0 Å². The molecule has 0 bridgehead atoms. The monoisotopic (exact) mass is 1140 g/mol. The maximum absolute atomic E-state index is 14.1. The summed E-state index contributed by atoms with van der Waals surface area (Å²) in [5.41, 5.74) is 7.07. The summed E-state index contributed by atoms with van der Waals surface area (Å²) in [7, 11) is 3.29. The smallest absolute Gasteiger partial charge is 0.272 e. The van der Waals surface area contributed by atoms with E-state index in [0.29, 0.717) is 52.2 Å². The van der Waals surface area contributed by atoms with Crippen molar-refractivity contribution in [2.24, 2.45) is 14.1 Å². The molecule has 4 heterocycles. The fourth-order valence-corrected chi connectivity index (χ4v) is 11.3. The topological polar surface area (TPSA) is 214 Å². The van der Waals surface area contributed by atoms with Gasteiger partial charge in [0.25, 0.3) is 11.8 Å². The van der Waals surface area contributed by atoms with Crippen molar-refractivity contribution < 1.29 is 43.0 Å². The molecule has 2 unspecified atom stereocenters. The number of hydrogen-bond acceptors (Lipinski definition) is 9. The summed E-state index contributed by atoms with van der Waals surface area (Å²) >= 11 is 13.1. The molecule has 2 aromatic heterocycles. The average molecular weight is 1150 g/mol. The van der Waals surface area contributed by atoms with Crippen molar-refractivity contribution in [1.29, 1.82) is 0 Å². The standard InChI is InChI=1S/C62H59Cl2N9O9/c1-36(74)66-42-15-17-46-48(21-42)54(81-34-38-11-7-5-8-12-38)25-50-59(46)40(27-63)30-72(50)57(77)20-19-56(76)68-44-23-53(71(4)32-44)62(80)69-45-24-52(70(3)33-45)61(79)65-29-58(78)73-31-41(28-64)60-47-18-16-43(67-37(2)75)22-49(47)55(26-51(60)73)82-35-39-13-9-6-10-14-39/h5-18,21-26,32-33,40-41H,19-20,27-31,34-35H2,1-4H3,(H,65,79)(H,66,74)(H,67,75)(H,68,76)(H,69,80). The van der Waals surface area contributed by atoms with Gasteiger partial charge in [0.1, 0.15) is 36.1 Å². The van der Waals surface area contributed by atoms with Gasteiger partial charge in [-0.15, -0.1) is 23.2 Å². The molecule has 18 nitrogen and oxygen atoms in total. The number of halogens is 2. The van der Waals surface area contributed by atoms with Crippen LogP contribution in [-0.2, 0) is 51.3 Å². The first-order chi connectivity index (χ1) is 39.5. The van der Waals surface area contributed by atoms with E-state index in [-0.39, 0.29) is 97.8 Å². The molecule has 20 heteroatoms. The number of rotatable bonds is 19. The zero-order chi connectivity index (χ0) is 57.8. The molecule has 0 aliphatic carbocycles. The predicted molar refractivity (Wildman–Crippen MR) is 319 cm³/mol. The predicted octanol–water partition coefficient (Wildman–Crippen LogP) is 10.2. The van der Waals surface area contributed by atoms with Crippen molar-refractivity contribution in [3.05, 3.63) is 167 Å². The molecule has 82 heavy (non-hydrogen) atoms. The van der Waals surface area contributed by atoms with Gasteiger partial charge in [-0.2, -0.15) is 0 Å². The Kier molecular flexibility index (Phi) is 16.6. The normalized spacial score (nSPS) is 14.3. The number of fused-ring (bicyclic) bond motifs is 6. The van der Waals surface area contributed by atoms with Gasteiger partial charge in [0.05, 0.1) is 29.3 Å². The third-order valence-electron chi connectivity index (χ3n) is 14.5. The largest absolute Gasteiger partial charge is 0.488 e. The van der Waals surface area contributed by atoms with Crippen LogP contribution in [0.1, 0.15) is 81.8 Å². The minimum absolute atomic E-state index is 0.119. The van der Waals surface area contributed by atoms with E-state index < -0.39 is 17.7 Å². The van der Waals surface area contributed by atoms with Crippen molar-refractivity contribution in [1.82, 2.24) is 14.5 Å². The summed E-state index contributed by atoms with van der Waals surface area (Å²) in [6.45, 7) is 3.61. The number of nitrogens with zero attached hydrogens (tertiary/aromatic N) is 4. The van der Waals surface area contributed by atoms with E-state index in [1.807, 2.05) is 97.1 Å².